The average molecular weight is 421 g/mol. The van der Waals surface area contributed by atoms with Crippen LogP contribution in [0.5, 0.6) is 0 Å². The van der Waals surface area contributed by atoms with Gasteiger partial charge in [0, 0.05) is 48.7 Å². The van der Waals surface area contributed by atoms with Gasteiger partial charge in [0.05, 0.1) is 6.42 Å². The molecule has 1 aromatic carbocycles. The SMILES string of the molecule is CCc1nc(C)nc(N2CCN(C(=O)Cc3cccs3)CC2)c1Cc1ccccc1. The van der Waals surface area contributed by atoms with Crippen LogP contribution in [0.2, 0.25) is 0 Å². The van der Waals surface area contributed by atoms with Gasteiger partial charge >= 0.3 is 0 Å². The fourth-order valence-corrected chi connectivity index (χ4v) is 4.71. The fraction of sp³-hybridized carbons (Fsp3) is 0.375. The van der Waals surface area contributed by atoms with Gasteiger partial charge in [-0.1, -0.05) is 43.3 Å². The van der Waals surface area contributed by atoms with E-state index < -0.39 is 0 Å². The molecule has 1 amide bonds. The summed E-state index contributed by atoms with van der Waals surface area (Å²) in [5, 5.41) is 2.03. The zero-order valence-electron chi connectivity index (χ0n) is 17.7. The number of benzene rings is 1. The number of anilines is 1. The first-order valence-electron chi connectivity index (χ1n) is 10.6. The lowest BCUT2D eigenvalue weighted by molar-refractivity contribution is -0.130. The number of nitrogens with zero attached hydrogens (tertiary/aromatic N) is 4. The first-order chi connectivity index (χ1) is 14.6. The molecular formula is C24H28N4OS. The van der Waals surface area contributed by atoms with Crippen LogP contribution in [0.3, 0.4) is 0 Å². The lowest BCUT2D eigenvalue weighted by Gasteiger charge is -2.36. The second-order valence-electron chi connectivity index (χ2n) is 7.66. The highest BCUT2D eigenvalue weighted by Crippen LogP contribution is 2.26. The molecule has 2 aromatic heterocycles. The first kappa shape index (κ1) is 20.5. The minimum absolute atomic E-state index is 0.217. The van der Waals surface area contributed by atoms with E-state index in [1.54, 1.807) is 11.3 Å². The van der Waals surface area contributed by atoms with Crippen molar-refractivity contribution in [1.29, 1.82) is 0 Å². The number of hydrogen-bond donors (Lipinski definition) is 0. The third-order valence-corrected chi connectivity index (χ3v) is 6.46. The van der Waals surface area contributed by atoms with Crippen LogP contribution >= 0.6 is 11.3 Å². The molecule has 0 spiro atoms. The quantitative estimate of drug-likeness (QED) is 0.607. The Kier molecular flexibility index (Phi) is 6.43. The lowest BCUT2D eigenvalue weighted by atomic mass is 10.0. The Morgan fingerprint density at radius 1 is 1.03 bits per heavy atom. The molecule has 0 atom stereocenters. The molecule has 0 bridgehead atoms. The van der Waals surface area contributed by atoms with Gasteiger partial charge in [-0.3, -0.25) is 4.79 Å². The highest BCUT2D eigenvalue weighted by atomic mass is 32.1. The maximum atomic E-state index is 12.7. The summed E-state index contributed by atoms with van der Waals surface area (Å²) < 4.78 is 0. The molecule has 0 N–H and O–H groups in total. The molecule has 0 aliphatic carbocycles. The zero-order chi connectivity index (χ0) is 20.9. The predicted molar refractivity (Wildman–Crippen MR) is 122 cm³/mol. The second-order valence-corrected chi connectivity index (χ2v) is 8.69. The van der Waals surface area contributed by atoms with Gasteiger partial charge in [0.25, 0.3) is 0 Å². The summed E-state index contributed by atoms with van der Waals surface area (Å²) in [6.07, 6.45) is 2.22. The van der Waals surface area contributed by atoms with Crippen LogP contribution in [-0.4, -0.2) is 47.0 Å². The van der Waals surface area contributed by atoms with Gasteiger partial charge < -0.3 is 9.80 Å². The van der Waals surface area contributed by atoms with Crippen molar-refractivity contribution in [3.63, 3.8) is 0 Å². The van der Waals surface area contributed by atoms with Gasteiger partial charge in [-0.05, 0) is 30.4 Å². The van der Waals surface area contributed by atoms with Crippen molar-refractivity contribution >= 4 is 23.1 Å². The number of amides is 1. The van der Waals surface area contributed by atoms with Gasteiger partial charge in [0.15, 0.2) is 0 Å². The van der Waals surface area contributed by atoms with Crippen LogP contribution in [0.4, 0.5) is 5.82 Å². The van der Waals surface area contributed by atoms with E-state index in [9.17, 15) is 4.79 Å². The van der Waals surface area contributed by atoms with E-state index >= 15 is 0 Å². The molecule has 156 valence electrons. The topological polar surface area (TPSA) is 49.3 Å². The molecular weight excluding hydrogens is 392 g/mol. The maximum Gasteiger partial charge on any atom is 0.227 e. The predicted octanol–water partition coefficient (Wildman–Crippen LogP) is 3.89. The Labute approximate surface area is 182 Å². The first-order valence-corrected chi connectivity index (χ1v) is 11.5. The maximum absolute atomic E-state index is 12.7. The van der Waals surface area contributed by atoms with Crippen LogP contribution in [0, 0.1) is 6.92 Å². The summed E-state index contributed by atoms with van der Waals surface area (Å²) in [5.74, 6) is 2.07. The van der Waals surface area contributed by atoms with Gasteiger partial charge in [0.1, 0.15) is 11.6 Å². The normalized spacial score (nSPS) is 14.2. The molecule has 1 aliphatic rings. The highest BCUT2D eigenvalue weighted by molar-refractivity contribution is 7.10. The van der Waals surface area contributed by atoms with Crippen molar-refractivity contribution in [2.24, 2.45) is 0 Å². The molecule has 5 nitrogen and oxygen atoms in total. The van der Waals surface area contributed by atoms with Crippen molar-refractivity contribution in [2.45, 2.75) is 33.1 Å². The molecule has 0 unspecified atom stereocenters. The van der Waals surface area contributed by atoms with E-state index in [0.717, 1.165) is 61.2 Å². The molecule has 4 rings (SSSR count). The molecule has 0 saturated carbocycles. The number of aryl methyl sites for hydroxylation is 2. The number of piperazine rings is 1. The van der Waals surface area contributed by atoms with Gasteiger partial charge in [-0.15, -0.1) is 11.3 Å². The van der Waals surface area contributed by atoms with Crippen molar-refractivity contribution in [2.75, 3.05) is 31.1 Å². The second kappa shape index (κ2) is 9.39. The van der Waals surface area contributed by atoms with Crippen LogP contribution in [0.25, 0.3) is 0 Å². The number of aromatic nitrogens is 2. The van der Waals surface area contributed by atoms with E-state index in [0.29, 0.717) is 6.42 Å². The smallest absolute Gasteiger partial charge is 0.227 e. The van der Waals surface area contributed by atoms with E-state index in [4.69, 9.17) is 9.97 Å². The molecule has 30 heavy (non-hydrogen) atoms. The molecule has 0 radical (unpaired) electrons. The summed E-state index contributed by atoms with van der Waals surface area (Å²) in [6, 6.07) is 14.5. The Bertz CT molecular complexity index is 980. The summed E-state index contributed by atoms with van der Waals surface area (Å²) in [7, 11) is 0. The minimum Gasteiger partial charge on any atom is -0.353 e. The number of hydrogen-bond acceptors (Lipinski definition) is 5. The minimum atomic E-state index is 0.217. The standard InChI is InChI=1S/C24H28N4OS/c1-3-22-21(16-19-8-5-4-6-9-19)24(26-18(2)25-22)28-13-11-27(12-14-28)23(29)17-20-10-7-15-30-20/h4-10,15H,3,11-14,16-17H2,1-2H3. The van der Waals surface area contributed by atoms with Gasteiger partial charge in [-0.25, -0.2) is 9.97 Å². The Morgan fingerprint density at radius 2 is 1.80 bits per heavy atom. The highest BCUT2D eigenvalue weighted by Gasteiger charge is 2.25. The summed E-state index contributed by atoms with van der Waals surface area (Å²) in [6.45, 7) is 7.20. The van der Waals surface area contributed by atoms with E-state index in [-0.39, 0.29) is 5.91 Å². The van der Waals surface area contributed by atoms with Crippen LogP contribution in [0.15, 0.2) is 47.8 Å². The lowest BCUT2D eigenvalue weighted by Crippen LogP contribution is -2.49. The summed E-state index contributed by atoms with van der Waals surface area (Å²) >= 11 is 1.65. The molecule has 1 aliphatic heterocycles. The van der Waals surface area contributed by atoms with Crippen molar-refractivity contribution in [1.82, 2.24) is 14.9 Å². The molecule has 3 aromatic rings. The van der Waals surface area contributed by atoms with Crippen LogP contribution < -0.4 is 4.90 Å². The number of carbonyl (C=O) groups excluding carboxylic acids is 1. The van der Waals surface area contributed by atoms with Crippen LogP contribution in [0.1, 0.15) is 34.4 Å². The molecule has 6 heteroatoms. The number of thiophene rings is 1. The summed E-state index contributed by atoms with van der Waals surface area (Å²) in [4.78, 5) is 27.7. The third-order valence-electron chi connectivity index (χ3n) is 5.58. The third kappa shape index (κ3) is 4.70. The van der Waals surface area contributed by atoms with Crippen molar-refractivity contribution in [3.8, 4) is 0 Å². The van der Waals surface area contributed by atoms with Crippen molar-refractivity contribution < 1.29 is 4.79 Å². The zero-order valence-corrected chi connectivity index (χ0v) is 18.5. The molecule has 1 fully saturated rings. The largest absolute Gasteiger partial charge is 0.353 e. The Balaban J connectivity index is 1.51. The van der Waals surface area contributed by atoms with Gasteiger partial charge in [0.2, 0.25) is 5.91 Å². The van der Waals surface area contributed by atoms with Crippen molar-refractivity contribution in [3.05, 3.63) is 75.4 Å². The van der Waals surface area contributed by atoms with Crippen LogP contribution in [-0.2, 0) is 24.1 Å². The summed E-state index contributed by atoms with van der Waals surface area (Å²) in [5.41, 5.74) is 3.61. The van der Waals surface area contributed by atoms with E-state index in [1.807, 2.05) is 35.4 Å². The fourth-order valence-electron chi connectivity index (χ4n) is 4.01. The molecule has 1 saturated heterocycles. The number of rotatable bonds is 6. The van der Waals surface area contributed by atoms with E-state index in [1.165, 1.54) is 11.1 Å². The average Bonchev–Trinajstić information content (AvgIpc) is 3.28. The number of carbonyl (C=O) groups is 1. The molecule has 3 heterocycles. The van der Waals surface area contributed by atoms with E-state index in [2.05, 4.69) is 36.1 Å². The Morgan fingerprint density at radius 3 is 2.47 bits per heavy atom. The van der Waals surface area contributed by atoms with Gasteiger partial charge in [-0.2, -0.15) is 0 Å². The monoisotopic (exact) mass is 420 g/mol. The Hall–Kier alpha value is -2.73.